The molecule has 0 saturated heterocycles. The van der Waals surface area contributed by atoms with E-state index < -0.39 is 5.60 Å². The van der Waals surface area contributed by atoms with Crippen LogP contribution < -0.4 is 5.32 Å². The quantitative estimate of drug-likeness (QED) is 0.851. The van der Waals surface area contributed by atoms with Crippen LogP contribution in [0.2, 0.25) is 0 Å². The van der Waals surface area contributed by atoms with Crippen LogP contribution in [0.25, 0.3) is 0 Å². The molecule has 1 aliphatic carbocycles. The molecule has 1 N–H and O–H groups in total. The lowest BCUT2D eigenvalue weighted by atomic mass is 10.1. The lowest BCUT2D eigenvalue weighted by Gasteiger charge is -2.17. The van der Waals surface area contributed by atoms with Gasteiger partial charge in [-0.2, -0.15) is 4.98 Å². The first-order chi connectivity index (χ1) is 8.12. The van der Waals surface area contributed by atoms with Crippen molar-refractivity contribution in [2.45, 2.75) is 57.7 Å². The number of hydrogen-bond donors (Lipinski definition) is 1. The number of rotatable bonds is 5. The van der Waals surface area contributed by atoms with Crippen molar-refractivity contribution in [3.63, 3.8) is 0 Å². The summed E-state index contributed by atoms with van der Waals surface area (Å²) in [6.07, 6.45) is 5.15. The van der Waals surface area contributed by atoms with E-state index >= 15 is 0 Å². The summed E-state index contributed by atoms with van der Waals surface area (Å²) < 4.78 is 10.5. The maximum absolute atomic E-state index is 5.31. The van der Waals surface area contributed by atoms with E-state index in [0.717, 1.165) is 0 Å². The normalized spacial score (nSPS) is 17.8. The van der Waals surface area contributed by atoms with Gasteiger partial charge in [0.2, 0.25) is 11.7 Å². The summed E-state index contributed by atoms with van der Waals surface area (Å²) in [6.45, 7) is 4.50. The van der Waals surface area contributed by atoms with Gasteiger partial charge in [0.15, 0.2) is 0 Å². The number of hydrogen-bond acceptors (Lipinski definition) is 5. The molecule has 1 aromatic rings. The van der Waals surface area contributed by atoms with Gasteiger partial charge in [-0.1, -0.05) is 18.0 Å². The molecule has 0 amide bonds. The van der Waals surface area contributed by atoms with Gasteiger partial charge in [0.05, 0.1) is 6.54 Å². The van der Waals surface area contributed by atoms with Crippen molar-refractivity contribution in [2.24, 2.45) is 0 Å². The van der Waals surface area contributed by atoms with Crippen LogP contribution in [0, 0.1) is 0 Å². The Labute approximate surface area is 102 Å². The minimum atomic E-state index is -0.491. The van der Waals surface area contributed by atoms with Gasteiger partial charge < -0.3 is 14.6 Å². The number of ether oxygens (including phenoxy) is 1. The summed E-state index contributed by atoms with van der Waals surface area (Å²) in [5, 5.41) is 7.40. The van der Waals surface area contributed by atoms with E-state index in [1.54, 1.807) is 7.11 Å². The zero-order valence-corrected chi connectivity index (χ0v) is 10.8. The van der Waals surface area contributed by atoms with E-state index in [-0.39, 0.29) is 0 Å². The van der Waals surface area contributed by atoms with Crippen molar-refractivity contribution in [1.82, 2.24) is 15.5 Å². The second-order valence-electron chi connectivity index (χ2n) is 5.09. The zero-order valence-electron chi connectivity index (χ0n) is 10.8. The summed E-state index contributed by atoms with van der Waals surface area (Å²) in [4.78, 5) is 4.35. The van der Waals surface area contributed by atoms with Crippen molar-refractivity contribution in [3.05, 3.63) is 11.7 Å². The van der Waals surface area contributed by atoms with Crippen LogP contribution >= 0.6 is 0 Å². The Morgan fingerprint density at radius 1 is 1.41 bits per heavy atom. The lowest BCUT2D eigenvalue weighted by molar-refractivity contribution is 0.00973. The van der Waals surface area contributed by atoms with Crippen LogP contribution in [0.1, 0.15) is 51.2 Å². The molecule has 5 heteroatoms. The molecule has 17 heavy (non-hydrogen) atoms. The fourth-order valence-corrected chi connectivity index (χ4v) is 2.02. The smallest absolute Gasteiger partial charge is 0.240 e. The molecule has 0 aliphatic heterocycles. The molecule has 0 radical (unpaired) electrons. The lowest BCUT2D eigenvalue weighted by Crippen LogP contribution is -2.25. The highest BCUT2D eigenvalue weighted by Crippen LogP contribution is 2.21. The zero-order chi connectivity index (χ0) is 12.3. The number of methoxy groups -OCH3 is 1. The van der Waals surface area contributed by atoms with E-state index in [9.17, 15) is 0 Å². The van der Waals surface area contributed by atoms with Gasteiger partial charge in [-0.15, -0.1) is 0 Å². The third-order valence-corrected chi connectivity index (χ3v) is 3.41. The van der Waals surface area contributed by atoms with Crippen molar-refractivity contribution in [2.75, 3.05) is 7.11 Å². The van der Waals surface area contributed by atoms with Crippen molar-refractivity contribution < 1.29 is 9.26 Å². The minimum absolute atomic E-state index is 0.491. The predicted octanol–water partition coefficient (Wildman–Crippen LogP) is 1.98. The van der Waals surface area contributed by atoms with Gasteiger partial charge in [0.25, 0.3) is 0 Å². The molecule has 1 fully saturated rings. The molecule has 96 valence electrons. The van der Waals surface area contributed by atoms with Crippen LogP contribution in [0.5, 0.6) is 0 Å². The fourth-order valence-electron chi connectivity index (χ4n) is 2.02. The van der Waals surface area contributed by atoms with E-state index in [1.165, 1.54) is 25.7 Å². The third kappa shape index (κ3) is 3.04. The van der Waals surface area contributed by atoms with Gasteiger partial charge >= 0.3 is 0 Å². The van der Waals surface area contributed by atoms with Crippen LogP contribution in [-0.2, 0) is 16.9 Å². The Bertz CT molecular complexity index is 356. The minimum Gasteiger partial charge on any atom is -0.371 e. The van der Waals surface area contributed by atoms with Crippen molar-refractivity contribution in [3.8, 4) is 0 Å². The summed E-state index contributed by atoms with van der Waals surface area (Å²) in [7, 11) is 1.65. The van der Waals surface area contributed by atoms with Crippen molar-refractivity contribution in [1.29, 1.82) is 0 Å². The van der Waals surface area contributed by atoms with E-state index in [1.807, 2.05) is 13.8 Å². The molecule has 0 spiro atoms. The molecule has 1 saturated carbocycles. The average molecular weight is 239 g/mol. The SMILES string of the molecule is COC(C)(C)c1noc(CNC2CCCC2)n1. The van der Waals surface area contributed by atoms with E-state index in [4.69, 9.17) is 9.26 Å². The first-order valence-corrected chi connectivity index (χ1v) is 6.23. The van der Waals surface area contributed by atoms with Gasteiger partial charge in [0, 0.05) is 13.2 Å². The molecule has 1 aromatic heterocycles. The van der Waals surface area contributed by atoms with Crippen LogP contribution in [0.4, 0.5) is 0 Å². The van der Waals surface area contributed by atoms with Crippen molar-refractivity contribution >= 4 is 0 Å². The fraction of sp³-hybridized carbons (Fsp3) is 0.833. The van der Waals surface area contributed by atoms with E-state index in [2.05, 4.69) is 15.5 Å². The summed E-state index contributed by atoms with van der Waals surface area (Å²) in [6, 6.07) is 0.612. The number of nitrogens with one attached hydrogen (secondary N) is 1. The standard InChI is InChI=1S/C12H21N3O2/c1-12(2,16-3)11-14-10(17-15-11)8-13-9-6-4-5-7-9/h9,13H,4-8H2,1-3H3. The molecule has 2 rings (SSSR count). The highest BCUT2D eigenvalue weighted by molar-refractivity contribution is 4.97. The first kappa shape index (κ1) is 12.5. The molecule has 0 unspecified atom stereocenters. The second-order valence-corrected chi connectivity index (χ2v) is 5.09. The first-order valence-electron chi connectivity index (χ1n) is 6.23. The number of nitrogens with zero attached hydrogens (tertiary/aromatic N) is 2. The summed E-state index contributed by atoms with van der Waals surface area (Å²) in [5.74, 6) is 1.24. The maximum atomic E-state index is 5.31. The monoisotopic (exact) mass is 239 g/mol. The highest BCUT2D eigenvalue weighted by Gasteiger charge is 2.26. The van der Waals surface area contributed by atoms with Crippen LogP contribution in [-0.4, -0.2) is 23.3 Å². The molecule has 0 atom stereocenters. The van der Waals surface area contributed by atoms with Crippen LogP contribution in [0.3, 0.4) is 0 Å². The maximum Gasteiger partial charge on any atom is 0.240 e. The topological polar surface area (TPSA) is 60.2 Å². The Morgan fingerprint density at radius 3 is 2.76 bits per heavy atom. The van der Waals surface area contributed by atoms with Gasteiger partial charge in [-0.25, -0.2) is 0 Å². The highest BCUT2D eigenvalue weighted by atomic mass is 16.5. The average Bonchev–Trinajstić information content (AvgIpc) is 2.97. The summed E-state index contributed by atoms with van der Waals surface area (Å²) >= 11 is 0. The Morgan fingerprint density at radius 2 is 2.12 bits per heavy atom. The Kier molecular flexibility index (Phi) is 3.79. The van der Waals surface area contributed by atoms with Gasteiger partial charge in [-0.3, -0.25) is 0 Å². The largest absolute Gasteiger partial charge is 0.371 e. The van der Waals surface area contributed by atoms with E-state index in [0.29, 0.717) is 24.3 Å². The number of aromatic nitrogens is 2. The van der Waals surface area contributed by atoms with Gasteiger partial charge in [0.1, 0.15) is 5.60 Å². The van der Waals surface area contributed by atoms with Gasteiger partial charge in [-0.05, 0) is 26.7 Å². The van der Waals surface area contributed by atoms with Crippen LogP contribution in [0.15, 0.2) is 4.52 Å². The molecule has 0 aromatic carbocycles. The molecule has 0 bridgehead atoms. The Hall–Kier alpha value is -0.940. The summed E-state index contributed by atoms with van der Waals surface area (Å²) in [5.41, 5.74) is -0.491. The molecular weight excluding hydrogens is 218 g/mol. The molecule has 1 aliphatic rings. The third-order valence-electron chi connectivity index (χ3n) is 3.41. The molecule has 5 nitrogen and oxygen atoms in total. The molecule has 1 heterocycles. The second kappa shape index (κ2) is 5.14. The Balaban J connectivity index is 1.89. The molecular formula is C12H21N3O2. The predicted molar refractivity (Wildman–Crippen MR) is 63.4 cm³/mol.